The lowest BCUT2D eigenvalue weighted by Gasteiger charge is -2.26. The smallest absolute Gasteiger partial charge is 0.321 e. The standard InChI is InChI=1S/C13H25N3O2/c1-3-14-13(18)15-12(17)10-16(2)11-8-6-4-5-7-9-11/h11H,3-10H2,1-2H3,(H2,14,15,17,18). The van der Waals surface area contributed by atoms with E-state index in [-0.39, 0.29) is 5.91 Å². The van der Waals surface area contributed by atoms with Gasteiger partial charge < -0.3 is 5.32 Å². The van der Waals surface area contributed by atoms with E-state index < -0.39 is 6.03 Å². The van der Waals surface area contributed by atoms with Crippen LogP contribution in [0, 0.1) is 0 Å². The molecule has 1 fully saturated rings. The highest BCUT2D eigenvalue weighted by Gasteiger charge is 2.19. The van der Waals surface area contributed by atoms with Crippen molar-refractivity contribution >= 4 is 11.9 Å². The Morgan fingerprint density at radius 1 is 1.17 bits per heavy atom. The molecule has 0 aromatic heterocycles. The molecule has 0 atom stereocenters. The van der Waals surface area contributed by atoms with Crippen LogP contribution >= 0.6 is 0 Å². The minimum atomic E-state index is -0.406. The van der Waals surface area contributed by atoms with Crippen LogP contribution in [0.15, 0.2) is 0 Å². The van der Waals surface area contributed by atoms with E-state index in [1.165, 1.54) is 25.7 Å². The number of likely N-dealkylation sites (N-methyl/N-ethyl adjacent to an activating group) is 1. The number of nitrogens with zero attached hydrogens (tertiary/aromatic N) is 1. The summed E-state index contributed by atoms with van der Waals surface area (Å²) in [5.74, 6) is -0.229. The molecule has 1 aliphatic carbocycles. The summed E-state index contributed by atoms with van der Waals surface area (Å²) in [6.07, 6.45) is 7.40. The van der Waals surface area contributed by atoms with Gasteiger partial charge in [-0.05, 0) is 26.8 Å². The molecule has 1 saturated carbocycles. The molecule has 0 aliphatic heterocycles. The molecule has 0 heterocycles. The van der Waals surface area contributed by atoms with Crippen LogP contribution in [-0.2, 0) is 4.79 Å². The third-order valence-electron chi connectivity index (χ3n) is 3.43. The Morgan fingerprint density at radius 3 is 2.33 bits per heavy atom. The van der Waals surface area contributed by atoms with Crippen molar-refractivity contribution in [3.8, 4) is 0 Å². The summed E-state index contributed by atoms with van der Waals surface area (Å²) >= 11 is 0. The van der Waals surface area contributed by atoms with E-state index in [9.17, 15) is 9.59 Å². The van der Waals surface area contributed by atoms with Gasteiger partial charge in [0.1, 0.15) is 0 Å². The van der Waals surface area contributed by atoms with Gasteiger partial charge in [-0.1, -0.05) is 25.7 Å². The highest BCUT2D eigenvalue weighted by molar-refractivity contribution is 5.95. The SMILES string of the molecule is CCNC(=O)NC(=O)CN(C)C1CCCCCC1. The van der Waals surface area contributed by atoms with Crippen LogP contribution in [0.4, 0.5) is 4.79 Å². The summed E-state index contributed by atoms with van der Waals surface area (Å²) in [6, 6.07) is 0.0734. The van der Waals surface area contributed by atoms with Crippen LogP contribution < -0.4 is 10.6 Å². The lowest BCUT2D eigenvalue weighted by atomic mass is 10.1. The van der Waals surface area contributed by atoms with Gasteiger partial charge in [0.05, 0.1) is 6.54 Å². The first-order valence-corrected chi connectivity index (χ1v) is 6.91. The maximum absolute atomic E-state index is 11.7. The second-order valence-electron chi connectivity index (χ2n) is 4.97. The van der Waals surface area contributed by atoms with E-state index in [1.807, 2.05) is 14.0 Å². The Morgan fingerprint density at radius 2 is 1.78 bits per heavy atom. The van der Waals surface area contributed by atoms with Crippen molar-refractivity contribution in [2.75, 3.05) is 20.1 Å². The van der Waals surface area contributed by atoms with E-state index in [0.717, 1.165) is 12.8 Å². The molecule has 0 unspecified atom stereocenters. The van der Waals surface area contributed by atoms with Crippen molar-refractivity contribution in [2.24, 2.45) is 0 Å². The summed E-state index contributed by atoms with van der Waals surface area (Å²) < 4.78 is 0. The van der Waals surface area contributed by atoms with Gasteiger partial charge in [0.2, 0.25) is 5.91 Å². The van der Waals surface area contributed by atoms with Gasteiger partial charge >= 0.3 is 6.03 Å². The minimum absolute atomic E-state index is 0.229. The van der Waals surface area contributed by atoms with Gasteiger partial charge in [-0.25, -0.2) is 4.79 Å². The van der Waals surface area contributed by atoms with Gasteiger partial charge in [0.15, 0.2) is 0 Å². The molecule has 0 saturated heterocycles. The maximum atomic E-state index is 11.7. The topological polar surface area (TPSA) is 61.4 Å². The zero-order valence-electron chi connectivity index (χ0n) is 11.5. The molecule has 0 radical (unpaired) electrons. The molecule has 2 N–H and O–H groups in total. The van der Waals surface area contributed by atoms with Crippen LogP contribution in [0.2, 0.25) is 0 Å². The van der Waals surface area contributed by atoms with Crippen LogP contribution in [0.1, 0.15) is 45.4 Å². The van der Waals surface area contributed by atoms with Gasteiger partial charge in [0.25, 0.3) is 0 Å². The zero-order valence-corrected chi connectivity index (χ0v) is 11.5. The van der Waals surface area contributed by atoms with Crippen LogP contribution in [0.3, 0.4) is 0 Å². The quantitative estimate of drug-likeness (QED) is 0.748. The monoisotopic (exact) mass is 255 g/mol. The van der Waals surface area contributed by atoms with Gasteiger partial charge in [-0.2, -0.15) is 0 Å². The number of urea groups is 1. The van der Waals surface area contributed by atoms with Crippen LogP contribution in [-0.4, -0.2) is 43.0 Å². The zero-order chi connectivity index (χ0) is 13.4. The second kappa shape index (κ2) is 8.08. The van der Waals surface area contributed by atoms with E-state index in [0.29, 0.717) is 19.1 Å². The van der Waals surface area contributed by atoms with Gasteiger partial charge in [0, 0.05) is 12.6 Å². The molecule has 0 bridgehead atoms. The second-order valence-corrected chi connectivity index (χ2v) is 4.97. The molecule has 104 valence electrons. The normalized spacial score (nSPS) is 17.3. The predicted octanol–water partition coefficient (Wildman–Crippen LogP) is 1.49. The molecular weight excluding hydrogens is 230 g/mol. The Kier molecular flexibility index (Phi) is 6.72. The van der Waals surface area contributed by atoms with E-state index >= 15 is 0 Å². The van der Waals surface area contributed by atoms with Crippen LogP contribution in [0.25, 0.3) is 0 Å². The maximum Gasteiger partial charge on any atom is 0.321 e. The highest BCUT2D eigenvalue weighted by atomic mass is 16.2. The molecule has 0 spiro atoms. The molecule has 5 nitrogen and oxygen atoms in total. The largest absolute Gasteiger partial charge is 0.338 e. The van der Waals surface area contributed by atoms with E-state index in [2.05, 4.69) is 15.5 Å². The average molecular weight is 255 g/mol. The average Bonchev–Trinajstić information content (AvgIpc) is 2.57. The number of carbonyl (C=O) groups is 2. The number of hydrogen-bond acceptors (Lipinski definition) is 3. The summed E-state index contributed by atoms with van der Waals surface area (Å²) in [5, 5.41) is 4.89. The Balaban J connectivity index is 2.31. The van der Waals surface area contributed by atoms with Crippen molar-refractivity contribution in [3.05, 3.63) is 0 Å². The molecular formula is C13H25N3O2. The number of imide groups is 1. The van der Waals surface area contributed by atoms with Gasteiger partial charge in [-0.15, -0.1) is 0 Å². The number of nitrogens with one attached hydrogen (secondary N) is 2. The lowest BCUT2D eigenvalue weighted by molar-refractivity contribution is -0.121. The molecule has 3 amide bonds. The van der Waals surface area contributed by atoms with Gasteiger partial charge in [-0.3, -0.25) is 15.0 Å². The Hall–Kier alpha value is -1.10. The predicted molar refractivity (Wildman–Crippen MR) is 71.3 cm³/mol. The molecule has 0 aromatic rings. The summed E-state index contributed by atoms with van der Waals surface area (Å²) in [7, 11) is 1.97. The molecule has 18 heavy (non-hydrogen) atoms. The summed E-state index contributed by atoms with van der Waals surface area (Å²) in [5.41, 5.74) is 0. The van der Waals surface area contributed by atoms with Crippen molar-refractivity contribution in [2.45, 2.75) is 51.5 Å². The number of amides is 3. The summed E-state index contributed by atoms with van der Waals surface area (Å²) in [4.78, 5) is 24.9. The van der Waals surface area contributed by atoms with Crippen molar-refractivity contribution in [1.82, 2.24) is 15.5 Å². The van der Waals surface area contributed by atoms with Crippen LogP contribution in [0.5, 0.6) is 0 Å². The Labute approximate surface area is 109 Å². The number of carbonyl (C=O) groups excluding carboxylic acids is 2. The first-order valence-electron chi connectivity index (χ1n) is 6.91. The lowest BCUT2D eigenvalue weighted by Crippen LogP contribution is -2.45. The molecule has 1 rings (SSSR count). The fraction of sp³-hybridized carbons (Fsp3) is 0.846. The fourth-order valence-electron chi connectivity index (χ4n) is 2.43. The first-order chi connectivity index (χ1) is 8.63. The Bertz CT molecular complexity index is 273. The van der Waals surface area contributed by atoms with Crippen molar-refractivity contribution < 1.29 is 9.59 Å². The van der Waals surface area contributed by atoms with Crippen molar-refractivity contribution in [1.29, 1.82) is 0 Å². The summed E-state index contributed by atoms with van der Waals surface area (Å²) in [6.45, 7) is 2.64. The van der Waals surface area contributed by atoms with E-state index in [4.69, 9.17) is 0 Å². The van der Waals surface area contributed by atoms with Crippen molar-refractivity contribution in [3.63, 3.8) is 0 Å². The number of rotatable bonds is 4. The van der Waals surface area contributed by atoms with E-state index in [1.54, 1.807) is 0 Å². The third kappa shape index (κ3) is 5.49. The molecule has 5 heteroatoms. The number of hydrogen-bond donors (Lipinski definition) is 2. The first kappa shape index (κ1) is 15.0. The molecule has 1 aliphatic rings. The minimum Gasteiger partial charge on any atom is -0.338 e. The highest BCUT2D eigenvalue weighted by Crippen LogP contribution is 2.20. The molecule has 0 aromatic carbocycles. The third-order valence-corrected chi connectivity index (χ3v) is 3.43. The fourth-order valence-corrected chi connectivity index (χ4v) is 2.43.